The lowest BCUT2D eigenvalue weighted by Gasteiger charge is -2.21. The molecular weight excluding hydrogens is 286 g/mol. The molecule has 1 aromatic heterocycles. The van der Waals surface area contributed by atoms with Gasteiger partial charge in [-0.05, 0) is 26.5 Å². The summed E-state index contributed by atoms with van der Waals surface area (Å²) in [5.41, 5.74) is 3.58. The van der Waals surface area contributed by atoms with Crippen molar-refractivity contribution >= 4 is 0 Å². The maximum Gasteiger partial charge on any atom is 0.123 e. The van der Waals surface area contributed by atoms with Crippen LogP contribution in [0.1, 0.15) is 30.7 Å². The van der Waals surface area contributed by atoms with Crippen molar-refractivity contribution in [2.24, 2.45) is 0 Å². The number of hydrogen-bond acceptors (Lipinski definition) is 3. The van der Waals surface area contributed by atoms with E-state index in [1.54, 1.807) is 0 Å². The number of aromatic nitrogens is 2. The van der Waals surface area contributed by atoms with Crippen LogP contribution in [0, 0.1) is 6.92 Å². The highest BCUT2D eigenvalue weighted by atomic mass is 16.5. The Bertz CT molecular complexity index is 633. The molecule has 0 aliphatic carbocycles. The maximum atomic E-state index is 5.74. The smallest absolute Gasteiger partial charge is 0.123 e. The molecule has 0 radical (unpaired) electrons. The number of nitrogens with zero attached hydrogens (tertiary/aromatic N) is 3. The largest absolute Gasteiger partial charge is 0.494 e. The van der Waals surface area contributed by atoms with Crippen molar-refractivity contribution in [2.75, 3.05) is 13.2 Å². The number of rotatable bonds is 9. The van der Waals surface area contributed by atoms with Crippen LogP contribution in [0.5, 0.6) is 5.75 Å². The van der Waals surface area contributed by atoms with E-state index in [-0.39, 0.29) is 0 Å². The molecule has 4 heteroatoms. The molecule has 1 heterocycles. The fourth-order valence-corrected chi connectivity index (χ4v) is 2.63. The Morgan fingerprint density at radius 2 is 1.96 bits per heavy atom. The minimum atomic E-state index is 0.691. The molecule has 0 saturated heterocycles. The van der Waals surface area contributed by atoms with Gasteiger partial charge in [-0.1, -0.05) is 31.2 Å². The summed E-state index contributed by atoms with van der Waals surface area (Å²) in [5.74, 6) is 0.979. The van der Waals surface area contributed by atoms with E-state index in [9.17, 15) is 0 Å². The third kappa shape index (κ3) is 4.70. The average molecular weight is 313 g/mol. The molecule has 0 saturated carbocycles. The number of benzene rings is 1. The molecule has 0 amide bonds. The van der Waals surface area contributed by atoms with E-state index in [1.807, 2.05) is 29.8 Å². The van der Waals surface area contributed by atoms with Gasteiger partial charge in [0.15, 0.2) is 0 Å². The van der Waals surface area contributed by atoms with Crippen LogP contribution in [0.25, 0.3) is 0 Å². The first-order valence-corrected chi connectivity index (χ1v) is 8.24. The molecule has 0 spiro atoms. The Hall–Kier alpha value is -2.07. The third-order valence-electron chi connectivity index (χ3n) is 3.87. The van der Waals surface area contributed by atoms with E-state index in [0.717, 1.165) is 37.6 Å². The van der Waals surface area contributed by atoms with Crippen molar-refractivity contribution in [1.29, 1.82) is 0 Å². The van der Waals surface area contributed by atoms with Gasteiger partial charge in [0.25, 0.3) is 0 Å². The number of para-hydroxylation sites is 1. The number of allylic oxidation sites excluding steroid dienone is 1. The minimum absolute atomic E-state index is 0.691. The summed E-state index contributed by atoms with van der Waals surface area (Å²) in [6, 6.07) is 8.27. The predicted octanol–water partition coefficient (Wildman–Crippen LogP) is 3.80. The van der Waals surface area contributed by atoms with Gasteiger partial charge in [0.05, 0.1) is 18.8 Å². The van der Waals surface area contributed by atoms with Crippen molar-refractivity contribution in [2.45, 2.75) is 40.4 Å². The van der Waals surface area contributed by atoms with Crippen LogP contribution < -0.4 is 4.74 Å². The van der Waals surface area contributed by atoms with Crippen LogP contribution in [0.4, 0.5) is 0 Å². The molecule has 0 aliphatic heterocycles. The van der Waals surface area contributed by atoms with Gasteiger partial charge in [0, 0.05) is 30.4 Å². The second-order valence-corrected chi connectivity index (χ2v) is 5.59. The Balaban J connectivity index is 2.10. The van der Waals surface area contributed by atoms with E-state index in [4.69, 9.17) is 4.74 Å². The van der Waals surface area contributed by atoms with Crippen molar-refractivity contribution in [1.82, 2.24) is 14.7 Å². The van der Waals surface area contributed by atoms with Crippen LogP contribution in [0.2, 0.25) is 0 Å². The van der Waals surface area contributed by atoms with Gasteiger partial charge < -0.3 is 4.74 Å². The van der Waals surface area contributed by atoms with Crippen LogP contribution in [0.3, 0.4) is 0 Å². The Kier molecular flexibility index (Phi) is 6.41. The summed E-state index contributed by atoms with van der Waals surface area (Å²) in [6.45, 7) is 14.2. The SMILES string of the molecule is C=CCn1cc(CN(CC)Cc2ccccc2OCC)c(C)n1. The van der Waals surface area contributed by atoms with Gasteiger partial charge in [0.2, 0.25) is 0 Å². The van der Waals surface area contributed by atoms with Gasteiger partial charge in [0.1, 0.15) is 5.75 Å². The van der Waals surface area contributed by atoms with E-state index >= 15 is 0 Å². The van der Waals surface area contributed by atoms with Crippen molar-refractivity contribution in [3.63, 3.8) is 0 Å². The molecular formula is C19H27N3O. The number of hydrogen-bond donors (Lipinski definition) is 0. The summed E-state index contributed by atoms with van der Waals surface area (Å²) in [5, 5.41) is 4.54. The van der Waals surface area contributed by atoms with Gasteiger partial charge in [-0.3, -0.25) is 9.58 Å². The molecule has 0 atom stereocenters. The second kappa shape index (κ2) is 8.53. The van der Waals surface area contributed by atoms with Gasteiger partial charge in [-0.15, -0.1) is 6.58 Å². The lowest BCUT2D eigenvalue weighted by molar-refractivity contribution is 0.261. The van der Waals surface area contributed by atoms with Crippen molar-refractivity contribution < 1.29 is 4.74 Å². The zero-order valence-electron chi connectivity index (χ0n) is 14.5. The molecule has 1 aromatic carbocycles. The van der Waals surface area contributed by atoms with Crippen LogP contribution in [0.15, 0.2) is 43.1 Å². The third-order valence-corrected chi connectivity index (χ3v) is 3.87. The lowest BCUT2D eigenvalue weighted by Crippen LogP contribution is -2.23. The first kappa shape index (κ1) is 17.3. The minimum Gasteiger partial charge on any atom is -0.494 e. The number of ether oxygens (including phenoxy) is 1. The Labute approximate surface area is 139 Å². The Morgan fingerprint density at radius 3 is 2.65 bits per heavy atom. The van der Waals surface area contributed by atoms with Crippen molar-refractivity contribution in [3.8, 4) is 5.75 Å². The highest BCUT2D eigenvalue weighted by Crippen LogP contribution is 2.21. The van der Waals surface area contributed by atoms with Gasteiger partial charge in [-0.25, -0.2) is 0 Å². The monoisotopic (exact) mass is 313 g/mol. The Morgan fingerprint density at radius 1 is 1.22 bits per heavy atom. The fourth-order valence-electron chi connectivity index (χ4n) is 2.63. The summed E-state index contributed by atoms with van der Waals surface area (Å²) in [6.07, 6.45) is 3.99. The average Bonchev–Trinajstić information content (AvgIpc) is 2.88. The first-order valence-electron chi connectivity index (χ1n) is 8.24. The van der Waals surface area contributed by atoms with Crippen molar-refractivity contribution in [3.05, 3.63) is 59.9 Å². The predicted molar refractivity (Wildman–Crippen MR) is 94.6 cm³/mol. The standard InChI is InChI=1S/C19H27N3O/c1-5-12-22-15-18(16(4)20-22)14-21(6-2)13-17-10-8-9-11-19(17)23-7-3/h5,8-11,15H,1,6-7,12-14H2,2-4H3. The summed E-state index contributed by atoms with van der Waals surface area (Å²) in [4.78, 5) is 2.40. The van der Waals surface area contributed by atoms with E-state index in [1.165, 1.54) is 11.1 Å². The first-order chi connectivity index (χ1) is 11.2. The molecule has 0 aliphatic rings. The van der Waals surface area contributed by atoms with E-state index in [0.29, 0.717) is 6.61 Å². The summed E-state index contributed by atoms with van der Waals surface area (Å²) < 4.78 is 7.68. The molecule has 0 unspecified atom stereocenters. The fraction of sp³-hybridized carbons (Fsp3) is 0.421. The molecule has 0 fully saturated rings. The normalized spacial score (nSPS) is 11.0. The zero-order valence-corrected chi connectivity index (χ0v) is 14.5. The molecule has 124 valence electrons. The topological polar surface area (TPSA) is 30.3 Å². The molecule has 23 heavy (non-hydrogen) atoms. The van der Waals surface area contributed by atoms with Crippen LogP contribution in [-0.2, 0) is 19.6 Å². The van der Waals surface area contributed by atoms with Gasteiger partial charge in [-0.2, -0.15) is 5.10 Å². The quantitative estimate of drug-likeness (QED) is 0.660. The lowest BCUT2D eigenvalue weighted by atomic mass is 10.1. The maximum absolute atomic E-state index is 5.74. The molecule has 2 rings (SSSR count). The summed E-state index contributed by atoms with van der Waals surface area (Å²) in [7, 11) is 0. The van der Waals surface area contributed by atoms with Gasteiger partial charge >= 0.3 is 0 Å². The van der Waals surface area contributed by atoms with E-state index in [2.05, 4.69) is 48.8 Å². The molecule has 4 nitrogen and oxygen atoms in total. The second-order valence-electron chi connectivity index (χ2n) is 5.59. The molecule has 0 bridgehead atoms. The van der Waals surface area contributed by atoms with Crippen LogP contribution >= 0.6 is 0 Å². The highest BCUT2D eigenvalue weighted by Gasteiger charge is 2.12. The van der Waals surface area contributed by atoms with Crippen LogP contribution in [-0.4, -0.2) is 27.8 Å². The molecule has 2 aromatic rings. The zero-order chi connectivity index (χ0) is 16.7. The highest BCUT2D eigenvalue weighted by molar-refractivity contribution is 5.33. The summed E-state index contributed by atoms with van der Waals surface area (Å²) >= 11 is 0. The number of aryl methyl sites for hydroxylation is 1. The molecule has 0 N–H and O–H groups in total. The van der Waals surface area contributed by atoms with E-state index < -0.39 is 0 Å².